The molecule has 1 aromatic rings. The van der Waals surface area contributed by atoms with Crippen LogP contribution in [0.3, 0.4) is 0 Å². The zero-order valence-corrected chi connectivity index (χ0v) is 12.2. The first-order valence-corrected chi connectivity index (χ1v) is 6.86. The number of benzene rings is 1. The van der Waals surface area contributed by atoms with Gasteiger partial charge in [-0.25, -0.2) is 14.1 Å². The second-order valence-corrected chi connectivity index (χ2v) is 4.84. The van der Waals surface area contributed by atoms with E-state index in [1.165, 1.54) is 31.2 Å². The number of halogens is 1. The highest BCUT2D eigenvalue weighted by molar-refractivity contribution is 6.23. The average molecular weight is 322 g/mol. The van der Waals surface area contributed by atoms with Crippen LogP contribution in [0.1, 0.15) is 40.5 Å². The summed E-state index contributed by atoms with van der Waals surface area (Å²) in [6.45, 7) is 1.22. The van der Waals surface area contributed by atoms with Crippen LogP contribution in [-0.4, -0.2) is 41.1 Å². The number of ether oxygens (including phenoxy) is 1. The van der Waals surface area contributed by atoms with Crippen molar-refractivity contribution < 1.29 is 33.4 Å². The Balaban J connectivity index is 2.44. The van der Waals surface area contributed by atoms with Gasteiger partial charge in [0.25, 0.3) is 17.6 Å². The number of carboxylic acids is 1. The molecule has 1 atom stereocenters. The third kappa shape index (κ3) is 2.79. The predicted octanol–water partition coefficient (Wildman–Crippen LogP) is 0.0416. The summed E-state index contributed by atoms with van der Waals surface area (Å²) in [6.07, 6.45) is -1.80. The van der Waals surface area contributed by atoms with Crippen LogP contribution in [0.5, 0.6) is 0 Å². The van der Waals surface area contributed by atoms with Gasteiger partial charge in [0.2, 0.25) is 0 Å². The topological polar surface area (TPSA) is 104 Å². The van der Waals surface area contributed by atoms with Crippen molar-refractivity contribution in [1.29, 1.82) is 0 Å². The Morgan fingerprint density at radius 3 is 2.17 bits per heavy atom. The lowest BCUT2D eigenvalue weighted by Gasteiger charge is -2.31. The van der Waals surface area contributed by atoms with Crippen LogP contribution in [0.2, 0.25) is 0 Å². The summed E-state index contributed by atoms with van der Waals surface area (Å²) < 4.78 is 19.8. The third-order valence-electron chi connectivity index (χ3n) is 3.40. The number of amides is 2. The molecule has 1 heterocycles. The molecule has 0 aliphatic carbocycles. The van der Waals surface area contributed by atoms with Crippen molar-refractivity contribution in [2.75, 3.05) is 6.61 Å². The number of nitrogens with zero attached hydrogens (tertiary/aromatic N) is 1. The van der Waals surface area contributed by atoms with E-state index in [1.807, 2.05) is 0 Å². The van der Waals surface area contributed by atoms with Crippen LogP contribution >= 0.6 is 0 Å². The van der Waals surface area contributed by atoms with E-state index in [0.29, 0.717) is 0 Å². The average Bonchev–Trinajstić information content (AvgIpc) is 2.77. The summed E-state index contributed by atoms with van der Waals surface area (Å²) in [6, 6.07) is 5.61. The van der Waals surface area contributed by atoms with E-state index in [4.69, 9.17) is 0 Å². The lowest BCUT2D eigenvalue weighted by molar-refractivity contribution is -0.306. The second kappa shape index (κ2) is 6.15. The number of aliphatic carboxylic acids is 1. The van der Waals surface area contributed by atoms with Crippen molar-refractivity contribution in [2.45, 2.75) is 25.6 Å². The number of fused-ring (bicyclic) bond motifs is 1. The zero-order chi connectivity index (χ0) is 17.2. The van der Waals surface area contributed by atoms with Crippen LogP contribution < -0.4 is 5.11 Å². The molecule has 1 aromatic carbocycles. The molecule has 0 saturated heterocycles. The van der Waals surface area contributed by atoms with Crippen LogP contribution in [0.25, 0.3) is 0 Å². The number of carbonyl (C=O) groups excluding carboxylic acids is 4. The Hall–Kier alpha value is -2.77. The van der Waals surface area contributed by atoms with Crippen LogP contribution in [-0.2, 0) is 14.3 Å². The maximum atomic E-state index is 15.2. The van der Waals surface area contributed by atoms with Crippen molar-refractivity contribution in [3.8, 4) is 0 Å². The molecule has 2 rings (SSSR count). The number of alkyl halides is 1. The van der Waals surface area contributed by atoms with Gasteiger partial charge in [0.1, 0.15) is 0 Å². The highest BCUT2D eigenvalue weighted by atomic mass is 19.1. The van der Waals surface area contributed by atoms with E-state index in [-0.39, 0.29) is 22.6 Å². The maximum absolute atomic E-state index is 15.2. The normalized spacial score (nSPS) is 16.0. The van der Waals surface area contributed by atoms with E-state index < -0.39 is 42.4 Å². The predicted molar refractivity (Wildman–Crippen MR) is 71.7 cm³/mol. The second-order valence-electron chi connectivity index (χ2n) is 4.84. The first-order valence-electron chi connectivity index (χ1n) is 6.86. The van der Waals surface area contributed by atoms with Gasteiger partial charge in [0.15, 0.2) is 0 Å². The van der Waals surface area contributed by atoms with Crippen molar-refractivity contribution in [1.82, 2.24) is 4.90 Å². The highest BCUT2D eigenvalue weighted by Gasteiger charge is 2.55. The number of esters is 1. The molecule has 0 bridgehead atoms. The SMILES string of the molecule is CCOC(=O)C(F)(CCC(=O)[O-])N1C(=O)c2ccccc2C1=O. The molecule has 7 nitrogen and oxygen atoms in total. The fourth-order valence-electron chi connectivity index (χ4n) is 2.33. The summed E-state index contributed by atoms with van der Waals surface area (Å²) in [5.74, 6) is -8.34. The van der Waals surface area contributed by atoms with Gasteiger partial charge >= 0.3 is 5.97 Å². The number of rotatable bonds is 6. The molecule has 2 amide bonds. The van der Waals surface area contributed by atoms with Crippen molar-refractivity contribution in [2.24, 2.45) is 0 Å². The maximum Gasteiger partial charge on any atom is 0.365 e. The van der Waals surface area contributed by atoms with E-state index in [0.717, 1.165) is 0 Å². The fraction of sp³-hybridized carbons (Fsp3) is 0.333. The van der Waals surface area contributed by atoms with Gasteiger partial charge in [-0.2, -0.15) is 0 Å². The van der Waals surface area contributed by atoms with Crippen LogP contribution in [0.15, 0.2) is 24.3 Å². The molecule has 0 radical (unpaired) electrons. The van der Waals surface area contributed by atoms with Gasteiger partial charge in [0.05, 0.1) is 17.7 Å². The monoisotopic (exact) mass is 322 g/mol. The Kier molecular flexibility index (Phi) is 4.44. The summed E-state index contributed by atoms with van der Waals surface area (Å²) in [5, 5.41) is 10.6. The molecule has 23 heavy (non-hydrogen) atoms. The molecular weight excluding hydrogens is 309 g/mol. The van der Waals surface area contributed by atoms with Crippen LogP contribution in [0.4, 0.5) is 4.39 Å². The van der Waals surface area contributed by atoms with Gasteiger partial charge in [-0.05, 0) is 25.5 Å². The fourth-order valence-corrected chi connectivity index (χ4v) is 2.33. The van der Waals surface area contributed by atoms with E-state index >= 15 is 4.39 Å². The van der Waals surface area contributed by atoms with Gasteiger partial charge in [-0.1, -0.05) is 12.1 Å². The minimum atomic E-state index is -3.21. The molecule has 0 N–H and O–H groups in total. The summed E-state index contributed by atoms with van der Waals surface area (Å²) >= 11 is 0. The molecule has 1 aliphatic heterocycles. The number of carbonyl (C=O) groups is 4. The Morgan fingerprint density at radius 2 is 1.74 bits per heavy atom. The summed E-state index contributed by atoms with van der Waals surface area (Å²) in [7, 11) is 0. The smallest absolute Gasteiger partial charge is 0.365 e. The van der Waals surface area contributed by atoms with Crippen molar-refractivity contribution in [3.05, 3.63) is 35.4 Å². The first-order chi connectivity index (χ1) is 10.8. The number of hydrogen-bond donors (Lipinski definition) is 0. The first kappa shape index (κ1) is 16.6. The van der Waals surface area contributed by atoms with E-state index in [2.05, 4.69) is 4.74 Å². The molecule has 1 unspecified atom stereocenters. The molecule has 0 spiro atoms. The quantitative estimate of drug-likeness (QED) is 0.416. The van der Waals surface area contributed by atoms with E-state index in [1.54, 1.807) is 0 Å². The van der Waals surface area contributed by atoms with Gasteiger partial charge in [-0.15, -0.1) is 0 Å². The largest absolute Gasteiger partial charge is 0.550 e. The van der Waals surface area contributed by atoms with Gasteiger partial charge in [0, 0.05) is 12.4 Å². The summed E-state index contributed by atoms with van der Waals surface area (Å²) in [5.41, 5.74) is -0.116. The standard InChI is InChI=1S/C15H14FNO6/c1-2-23-14(22)15(16,8-7-11(18)19)17-12(20)9-5-3-4-6-10(9)13(17)21/h3-6H,2,7-8H2,1H3,(H,18,19)/p-1. The Labute approximate surface area is 130 Å². The minimum Gasteiger partial charge on any atom is -0.550 e. The number of imide groups is 1. The number of carboxylic acid groups (broad SMARTS) is 1. The molecular formula is C15H13FNO6-. The molecule has 8 heteroatoms. The minimum absolute atomic E-state index is 0.0581. The molecule has 122 valence electrons. The van der Waals surface area contributed by atoms with Crippen LogP contribution in [0, 0.1) is 0 Å². The lowest BCUT2D eigenvalue weighted by atomic mass is 10.1. The number of hydrogen-bond acceptors (Lipinski definition) is 6. The van der Waals surface area contributed by atoms with Gasteiger partial charge < -0.3 is 14.6 Å². The summed E-state index contributed by atoms with van der Waals surface area (Å²) in [4.78, 5) is 47.3. The highest BCUT2D eigenvalue weighted by Crippen LogP contribution is 2.34. The van der Waals surface area contributed by atoms with E-state index in [9.17, 15) is 24.3 Å². The van der Waals surface area contributed by atoms with Crippen molar-refractivity contribution >= 4 is 23.8 Å². The lowest BCUT2D eigenvalue weighted by Crippen LogP contribution is -2.55. The van der Waals surface area contributed by atoms with Gasteiger partial charge in [-0.3, -0.25) is 9.59 Å². The third-order valence-corrected chi connectivity index (χ3v) is 3.40. The Morgan fingerprint density at radius 1 is 1.22 bits per heavy atom. The molecule has 0 fully saturated rings. The molecule has 0 aromatic heterocycles. The van der Waals surface area contributed by atoms with Crippen molar-refractivity contribution in [3.63, 3.8) is 0 Å². The zero-order valence-electron chi connectivity index (χ0n) is 12.2. The molecule has 0 saturated carbocycles. The molecule has 1 aliphatic rings. The Bertz CT molecular complexity index is 653.